The Balaban J connectivity index is 1.33. The van der Waals surface area contributed by atoms with Gasteiger partial charge < -0.3 is 19.4 Å². The highest BCUT2D eigenvalue weighted by atomic mass is 32.2. The third kappa shape index (κ3) is 4.97. The van der Waals surface area contributed by atoms with Crippen molar-refractivity contribution in [1.82, 2.24) is 19.7 Å². The number of carbonyl (C=O) groups is 1. The number of amides is 1. The van der Waals surface area contributed by atoms with E-state index in [2.05, 4.69) is 20.5 Å². The first kappa shape index (κ1) is 21.1. The van der Waals surface area contributed by atoms with Crippen LogP contribution in [0.4, 0.5) is 5.13 Å². The van der Waals surface area contributed by atoms with Crippen LogP contribution in [0.15, 0.2) is 47.6 Å². The number of thioether (sulfide) groups is 1. The SMILES string of the molecule is COc1cc(C)ccc1OCc1nnc(SCC(=O)Nc2nc3ccccc3s2)n1C. The van der Waals surface area contributed by atoms with Gasteiger partial charge in [0.25, 0.3) is 0 Å². The first-order valence-corrected chi connectivity index (χ1v) is 11.3. The van der Waals surface area contributed by atoms with E-state index in [-0.39, 0.29) is 18.3 Å². The van der Waals surface area contributed by atoms with E-state index in [1.165, 1.54) is 23.1 Å². The first-order valence-electron chi connectivity index (χ1n) is 9.47. The molecule has 1 N–H and O–H groups in total. The van der Waals surface area contributed by atoms with Gasteiger partial charge in [-0.1, -0.05) is 41.3 Å². The fourth-order valence-corrected chi connectivity index (χ4v) is 4.46. The highest BCUT2D eigenvalue weighted by Gasteiger charge is 2.14. The average molecular weight is 456 g/mol. The van der Waals surface area contributed by atoms with Gasteiger partial charge in [0.15, 0.2) is 27.6 Å². The van der Waals surface area contributed by atoms with E-state index in [0.29, 0.717) is 27.6 Å². The maximum absolute atomic E-state index is 12.3. The van der Waals surface area contributed by atoms with Gasteiger partial charge >= 0.3 is 0 Å². The number of para-hydroxylation sites is 1. The van der Waals surface area contributed by atoms with E-state index >= 15 is 0 Å². The van der Waals surface area contributed by atoms with E-state index in [4.69, 9.17) is 9.47 Å². The normalized spacial score (nSPS) is 10.9. The number of fused-ring (bicyclic) bond motifs is 1. The maximum atomic E-state index is 12.3. The first-order chi connectivity index (χ1) is 15.0. The number of methoxy groups -OCH3 is 1. The number of aryl methyl sites for hydroxylation is 1. The number of nitrogens with zero attached hydrogens (tertiary/aromatic N) is 4. The van der Waals surface area contributed by atoms with E-state index in [0.717, 1.165) is 15.8 Å². The number of nitrogens with one attached hydrogen (secondary N) is 1. The molecular formula is C21H21N5O3S2. The number of aromatic nitrogens is 4. The monoisotopic (exact) mass is 455 g/mol. The Morgan fingerprint density at radius 1 is 1.19 bits per heavy atom. The van der Waals surface area contributed by atoms with E-state index in [1.54, 1.807) is 7.11 Å². The minimum atomic E-state index is -0.144. The zero-order valence-corrected chi connectivity index (χ0v) is 18.9. The molecule has 2 heterocycles. The molecule has 31 heavy (non-hydrogen) atoms. The molecule has 8 nitrogen and oxygen atoms in total. The predicted molar refractivity (Wildman–Crippen MR) is 122 cm³/mol. The summed E-state index contributed by atoms with van der Waals surface area (Å²) in [6, 6.07) is 13.5. The molecule has 0 aliphatic carbocycles. The second kappa shape index (κ2) is 9.36. The lowest BCUT2D eigenvalue weighted by Gasteiger charge is -2.11. The lowest BCUT2D eigenvalue weighted by molar-refractivity contribution is -0.113. The fourth-order valence-electron chi connectivity index (χ4n) is 2.84. The third-order valence-electron chi connectivity index (χ3n) is 4.47. The standard InChI is InChI=1S/C21H21N5O3S2/c1-13-8-9-15(16(10-13)28-3)29-11-18-24-25-21(26(18)2)30-12-19(27)23-20-22-14-6-4-5-7-17(14)31-20/h4-10H,11-12H2,1-3H3,(H,22,23,27). The van der Waals surface area contributed by atoms with Crippen molar-refractivity contribution in [2.45, 2.75) is 18.7 Å². The minimum Gasteiger partial charge on any atom is -0.493 e. The van der Waals surface area contributed by atoms with Crippen molar-refractivity contribution in [2.75, 3.05) is 18.2 Å². The molecule has 0 fully saturated rings. The predicted octanol–water partition coefficient (Wildman–Crippen LogP) is 4.05. The molecule has 0 aliphatic heterocycles. The van der Waals surface area contributed by atoms with E-state index < -0.39 is 0 Å². The van der Waals surface area contributed by atoms with Crippen LogP contribution in [0.2, 0.25) is 0 Å². The molecule has 1 amide bonds. The number of hydrogen-bond acceptors (Lipinski definition) is 8. The second-order valence-corrected chi connectivity index (χ2v) is 8.70. The lowest BCUT2D eigenvalue weighted by atomic mass is 10.2. The molecule has 0 atom stereocenters. The summed E-state index contributed by atoms with van der Waals surface area (Å²) in [5, 5.41) is 12.4. The Morgan fingerprint density at radius 2 is 2.03 bits per heavy atom. The topological polar surface area (TPSA) is 91.2 Å². The average Bonchev–Trinajstić information content (AvgIpc) is 3.33. The zero-order chi connectivity index (χ0) is 21.8. The van der Waals surface area contributed by atoms with Crippen molar-refractivity contribution in [2.24, 2.45) is 7.05 Å². The number of carbonyl (C=O) groups excluding carboxylic acids is 1. The summed E-state index contributed by atoms with van der Waals surface area (Å²) in [6.07, 6.45) is 0. The molecule has 0 aliphatic rings. The van der Waals surface area contributed by atoms with Crippen molar-refractivity contribution in [3.63, 3.8) is 0 Å². The molecule has 4 rings (SSSR count). The summed E-state index contributed by atoms with van der Waals surface area (Å²) in [5.74, 6) is 2.02. The van der Waals surface area contributed by atoms with Gasteiger partial charge in [-0.3, -0.25) is 4.79 Å². The quantitative estimate of drug-likeness (QED) is 0.401. The van der Waals surface area contributed by atoms with Crippen LogP contribution in [0.3, 0.4) is 0 Å². The van der Waals surface area contributed by atoms with Gasteiger partial charge in [0.1, 0.15) is 6.61 Å². The van der Waals surface area contributed by atoms with Crippen LogP contribution in [0.5, 0.6) is 11.5 Å². The maximum Gasteiger partial charge on any atom is 0.236 e. The Morgan fingerprint density at radius 3 is 2.84 bits per heavy atom. The Bertz CT molecular complexity index is 1190. The van der Waals surface area contributed by atoms with Gasteiger partial charge in [-0.25, -0.2) is 4.98 Å². The Labute approximate surface area is 187 Å². The summed E-state index contributed by atoms with van der Waals surface area (Å²) in [4.78, 5) is 16.7. The number of hydrogen-bond donors (Lipinski definition) is 1. The summed E-state index contributed by atoms with van der Waals surface area (Å²) < 4.78 is 14.1. The number of anilines is 1. The van der Waals surface area contributed by atoms with Crippen LogP contribution in [0.1, 0.15) is 11.4 Å². The molecular weight excluding hydrogens is 434 g/mol. The highest BCUT2D eigenvalue weighted by Crippen LogP contribution is 2.29. The van der Waals surface area contributed by atoms with Crippen LogP contribution in [0.25, 0.3) is 10.2 Å². The minimum absolute atomic E-state index is 0.144. The number of thiazole rings is 1. The van der Waals surface area contributed by atoms with Crippen molar-refractivity contribution in [3.05, 3.63) is 53.9 Å². The molecule has 0 saturated carbocycles. The van der Waals surface area contributed by atoms with Gasteiger partial charge in [0.05, 0.1) is 23.1 Å². The van der Waals surface area contributed by atoms with Crippen molar-refractivity contribution < 1.29 is 14.3 Å². The molecule has 2 aromatic heterocycles. The molecule has 0 radical (unpaired) electrons. The van der Waals surface area contributed by atoms with Gasteiger partial charge in [0, 0.05) is 7.05 Å². The summed E-state index contributed by atoms with van der Waals surface area (Å²) in [5.41, 5.74) is 1.96. The van der Waals surface area contributed by atoms with Crippen LogP contribution in [-0.4, -0.2) is 38.5 Å². The second-order valence-electron chi connectivity index (χ2n) is 6.72. The fraction of sp³-hybridized carbons (Fsp3) is 0.238. The largest absolute Gasteiger partial charge is 0.493 e. The van der Waals surface area contributed by atoms with Crippen LogP contribution >= 0.6 is 23.1 Å². The van der Waals surface area contributed by atoms with Crippen LogP contribution in [0, 0.1) is 6.92 Å². The van der Waals surface area contributed by atoms with Gasteiger partial charge in [-0.2, -0.15) is 0 Å². The molecule has 10 heteroatoms. The lowest BCUT2D eigenvalue weighted by Crippen LogP contribution is -2.14. The van der Waals surface area contributed by atoms with Gasteiger partial charge in [0.2, 0.25) is 5.91 Å². The van der Waals surface area contributed by atoms with Crippen LogP contribution < -0.4 is 14.8 Å². The van der Waals surface area contributed by atoms with E-state index in [1.807, 2.05) is 61.0 Å². The van der Waals surface area contributed by atoms with Gasteiger partial charge in [-0.15, -0.1) is 10.2 Å². The summed E-state index contributed by atoms with van der Waals surface area (Å²) >= 11 is 2.76. The number of benzene rings is 2. The van der Waals surface area contributed by atoms with Gasteiger partial charge in [-0.05, 0) is 36.8 Å². The Kier molecular flexibility index (Phi) is 6.38. The molecule has 0 bridgehead atoms. The molecule has 160 valence electrons. The molecule has 0 unspecified atom stereocenters. The zero-order valence-electron chi connectivity index (χ0n) is 17.3. The van der Waals surface area contributed by atoms with E-state index in [9.17, 15) is 4.79 Å². The van der Waals surface area contributed by atoms with Crippen molar-refractivity contribution in [1.29, 1.82) is 0 Å². The smallest absolute Gasteiger partial charge is 0.236 e. The molecule has 2 aromatic carbocycles. The van der Waals surface area contributed by atoms with Crippen LogP contribution in [-0.2, 0) is 18.4 Å². The molecule has 0 saturated heterocycles. The van der Waals surface area contributed by atoms with Crippen molar-refractivity contribution in [3.8, 4) is 11.5 Å². The number of ether oxygens (including phenoxy) is 2. The van der Waals surface area contributed by atoms with Crippen molar-refractivity contribution >= 4 is 44.4 Å². The Hall–Kier alpha value is -3.11. The molecule has 4 aromatic rings. The summed E-state index contributed by atoms with van der Waals surface area (Å²) in [7, 11) is 3.46. The molecule has 0 spiro atoms. The summed E-state index contributed by atoms with van der Waals surface area (Å²) in [6.45, 7) is 2.23. The number of rotatable bonds is 8. The third-order valence-corrected chi connectivity index (χ3v) is 6.45. The highest BCUT2D eigenvalue weighted by molar-refractivity contribution is 7.99.